The summed E-state index contributed by atoms with van der Waals surface area (Å²) < 4.78 is 5.54. The predicted octanol–water partition coefficient (Wildman–Crippen LogP) is 2.36. The van der Waals surface area contributed by atoms with Crippen LogP contribution in [0.1, 0.15) is 30.9 Å². The molecule has 3 rings (SSSR count). The molecule has 1 unspecified atom stereocenters. The lowest BCUT2D eigenvalue weighted by Crippen LogP contribution is -2.47. The van der Waals surface area contributed by atoms with Gasteiger partial charge in [-0.3, -0.25) is 9.89 Å². The minimum atomic E-state index is 0.239. The van der Waals surface area contributed by atoms with Crippen molar-refractivity contribution in [2.24, 2.45) is 4.99 Å². The van der Waals surface area contributed by atoms with Gasteiger partial charge in [0.15, 0.2) is 5.96 Å². The lowest BCUT2D eigenvalue weighted by atomic mass is 10.0. The summed E-state index contributed by atoms with van der Waals surface area (Å²) in [6.07, 6.45) is 4.03. The molecule has 1 aromatic carbocycles. The molecular weight excluding hydrogens is 374 g/mol. The van der Waals surface area contributed by atoms with Crippen molar-refractivity contribution in [2.75, 3.05) is 66.1 Å². The predicted molar refractivity (Wildman–Crippen MR) is 116 cm³/mol. The highest BCUT2D eigenvalue weighted by atomic mass is 35.5. The Balaban J connectivity index is 1.53. The van der Waals surface area contributed by atoms with Gasteiger partial charge < -0.3 is 20.3 Å². The molecule has 28 heavy (non-hydrogen) atoms. The Bertz CT molecular complexity index is 615. The van der Waals surface area contributed by atoms with Crippen LogP contribution in [0.15, 0.2) is 29.3 Å². The number of morpholine rings is 1. The summed E-state index contributed by atoms with van der Waals surface area (Å²) in [5.41, 5.74) is 1.23. The maximum absolute atomic E-state index is 6.26. The number of likely N-dealkylation sites (tertiary alicyclic amines) is 1. The zero-order chi connectivity index (χ0) is 19.6. The van der Waals surface area contributed by atoms with Gasteiger partial charge >= 0.3 is 0 Å². The number of hydrogen-bond acceptors (Lipinski definition) is 4. The number of guanidine groups is 1. The Morgan fingerprint density at radius 1 is 1.14 bits per heavy atom. The fourth-order valence-electron chi connectivity index (χ4n) is 3.99. The van der Waals surface area contributed by atoms with E-state index in [2.05, 4.69) is 37.6 Å². The fourth-order valence-corrected chi connectivity index (χ4v) is 4.19. The van der Waals surface area contributed by atoms with E-state index in [1.165, 1.54) is 37.9 Å². The molecule has 0 aliphatic carbocycles. The Labute approximate surface area is 174 Å². The van der Waals surface area contributed by atoms with Crippen LogP contribution in [0.5, 0.6) is 0 Å². The molecule has 0 bridgehead atoms. The number of nitrogens with zero attached hydrogens (tertiary/aromatic N) is 3. The molecule has 1 atom stereocenters. The van der Waals surface area contributed by atoms with Gasteiger partial charge in [-0.15, -0.1) is 0 Å². The molecule has 2 aliphatic heterocycles. The van der Waals surface area contributed by atoms with E-state index in [9.17, 15) is 0 Å². The van der Waals surface area contributed by atoms with Crippen LogP contribution in [0.25, 0.3) is 0 Å². The van der Waals surface area contributed by atoms with Gasteiger partial charge in [-0.05, 0) is 43.6 Å². The summed E-state index contributed by atoms with van der Waals surface area (Å²) in [5.74, 6) is 0.859. The zero-order valence-electron chi connectivity index (χ0n) is 17.0. The van der Waals surface area contributed by atoms with Gasteiger partial charge in [0.25, 0.3) is 0 Å². The zero-order valence-corrected chi connectivity index (χ0v) is 17.8. The van der Waals surface area contributed by atoms with Crippen molar-refractivity contribution in [1.82, 2.24) is 20.4 Å². The Morgan fingerprint density at radius 2 is 1.93 bits per heavy atom. The molecule has 2 aliphatic rings. The minimum Gasteiger partial charge on any atom is -0.379 e. The van der Waals surface area contributed by atoms with Gasteiger partial charge in [0.1, 0.15) is 0 Å². The third-order valence-corrected chi connectivity index (χ3v) is 5.81. The number of ether oxygens (including phenoxy) is 1. The monoisotopic (exact) mass is 407 g/mol. The van der Waals surface area contributed by atoms with E-state index < -0.39 is 0 Å². The standard InChI is InChI=1S/C21H34ClN5O/c1-23-21(24-8-11-26-9-3-2-4-10-26)25-17-20(27-12-14-28-15-13-27)18-6-5-7-19(22)16-18/h5-7,16,20H,2-4,8-15,17H2,1H3,(H2,23,24,25). The number of nitrogens with one attached hydrogen (secondary N) is 2. The Kier molecular flexibility index (Phi) is 8.86. The van der Waals surface area contributed by atoms with Crippen molar-refractivity contribution >= 4 is 17.6 Å². The molecule has 0 spiro atoms. The normalized spacial score (nSPS) is 20.7. The lowest BCUT2D eigenvalue weighted by molar-refractivity contribution is 0.0170. The first-order valence-corrected chi connectivity index (χ1v) is 10.9. The van der Waals surface area contributed by atoms with Crippen LogP contribution in [0.3, 0.4) is 0 Å². The highest BCUT2D eigenvalue weighted by Gasteiger charge is 2.23. The van der Waals surface area contributed by atoms with Crippen molar-refractivity contribution in [1.29, 1.82) is 0 Å². The first kappa shape index (κ1) is 21.4. The van der Waals surface area contributed by atoms with Crippen molar-refractivity contribution in [3.63, 3.8) is 0 Å². The molecule has 156 valence electrons. The molecule has 2 heterocycles. The van der Waals surface area contributed by atoms with Crippen LogP contribution in [0, 0.1) is 0 Å². The van der Waals surface area contributed by atoms with Crippen LogP contribution in [-0.2, 0) is 4.74 Å². The largest absolute Gasteiger partial charge is 0.379 e. The van der Waals surface area contributed by atoms with Crippen LogP contribution < -0.4 is 10.6 Å². The number of hydrogen-bond donors (Lipinski definition) is 2. The van der Waals surface area contributed by atoms with E-state index >= 15 is 0 Å². The lowest BCUT2D eigenvalue weighted by Gasteiger charge is -2.35. The molecular formula is C21H34ClN5O. The van der Waals surface area contributed by atoms with Gasteiger partial charge in [-0.2, -0.15) is 0 Å². The molecule has 7 heteroatoms. The maximum atomic E-state index is 6.26. The average Bonchev–Trinajstić information content (AvgIpc) is 2.74. The van der Waals surface area contributed by atoms with E-state index in [1.54, 1.807) is 0 Å². The molecule has 2 N–H and O–H groups in total. The third kappa shape index (κ3) is 6.62. The second kappa shape index (κ2) is 11.6. The Hall–Kier alpha value is -1.34. The van der Waals surface area contributed by atoms with Gasteiger partial charge in [-0.1, -0.05) is 30.2 Å². The van der Waals surface area contributed by atoms with Crippen LogP contribution in [0.4, 0.5) is 0 Å². The van der Waals surface area contributed by atoms with Crippen LogP contribution in [-0.4, -0.2) is 81.8 Å². The van der Waals surface area contributed by atoms with E-state index in [4.69, 9.17) is 16.3 Å². The Morgan fingerprint density at radius 3 is 2.64 bits per heavy atom. The minimum absolute atomic E-state index is 0.239. The second-order valence-electron chi connectivity index (χ2n) is 7.50. The summed E-state index contributed by atoms with van der Waals surface area (Å²) in [4.78, 5) is 9.40. The maximum Gasteiger partial charge on any atom is 0.191 e. The van der Waals surface area contributed by atoms with Gasteiger partial charge in [0.05, 0.1) is 19.3 Å². The molecule has 1 aromatic rings. The molecule has 6 nitrogen and oxygen atoms in total. The van der Waals surface area contributed by atoms with Crippen molar-refractivity contribution in [2.45, 2.75) is 25.3 Å². The molecule has 2 fully saturated rings. The summed E-state index contributed by atoms with van der Waals surface area (Å²) in [7, 11) is 1.83. The number of halogens is 1. The van der Waals surface area contributed by atoms with Crippen molar-refractivity contribution in [3.05, 3.63) is 34.9 Å². The highest BCUT2D eigenvalue weighted by molar-refractivity contribution is 6.30. The summed E-state index contributed by atoms with van der Waals surface area (Å²) in [6.45, 7) is 8.63. The second-order valence-corrected chi connectivity index (χ2v) is 7.94. The smallest absolute Gasteiger partial charge is 0.191 e. The van der Waals surface area contributed by atoms with Gasteiger partial charge in [0.2, 0.25) is 0 Å². The van der Waals surface area contributed by atoms with Crippen LogP contribution >= 0.6 is 11.6 Å². The highest BCUT2D eigenvalue weighted by Crippen LogP contribution is 2.23. The topological polar surface area (TPSA) is 52.1 Å². The van der Waals surface area contributed by atoms with E-state index in [0.717, 1.165) is 56.9 Å². The molecule has 0 saturated carbocycles. The molecule has 0 amide bonds. The van der Waals surface area contributed by atoms with Gasteiger partial charge in [0, 0.05) is 44.8 Å². The number of benzene rings is 1. The number of piperidine rings is 1. The molecule has 0 aromatic heterocycles. The molecule has 0 radical (unpaired) electrons. The van der Waals surface area contributed by atoms with Gasteiger partial charge in [-0.25, -0.2) is 0 Å². The van der Waals surface area contributed by atoms with Crippen molar-refractivity contribution < 1.29 is 4.74 Å². The SMILES string of the molecule is CN=C(NCCN1CCCCC1)NCC(c1cccc(Cl)c1)N1CCOCC1. The first-order chi connectivity index (χ1) is 13.8. The third-order valence-electron chi connectivity index (χ3n) is 5.58. The fraction of sp³-hybridized carbons (Fsp3) is 0.667. The number of aliphatic imine (C=N–C) groups is 1. The van der Waals surface area contributed by atoms with Crippen LogP contribution in [0.2, 0.25) is 5.02 Å². The van der Waals surface area contributed by atoms with E-state index in [1.807, 2.05) is 19.2 Å². The summed E-state index contributed by atoms with van der Waals surface area (Å²) in [5, 5.41) is 7.76. The van der Waals surface area contributed by atoms with E-state index in [-0.39, 0.29) is 6.04 Å². The first-order valence-electron chi connectivity index (χ1n) is 10.5. The van der Waals surface area contributed by atoms with Crippen molar-refractivity contribution in [3.8, 4) is 0 Å². The molecule has 2 saturated heterocycles. The quantitative estimate of drug-likeness (QED) is 0.536. The van der Waals surface area contributed by atoms with E-state index in [0.29, 0.717) is 0 Å². The summed E-state index contributed by atoms with van der Waals surface area (Å²) in [6, 6.07) is 8.41. The summed E-state index contributed by atoms with van der Waals surface area (Å²) >= 11 is 6.26. The number of rotatable bonds is 7. The average molecular weight is 408 g/mol.